The van der Waals surface area contributed by atoms with E-state index in [1.54, 1.807) is 26.0 Å². The Bertz CT molecular complexity index is 924. The summed E-state index contributed by atoms with van der Waals surface area (Å²) in [6.45, 7) is 6.68. The molecule has 0 amide bonds. The van der Waals surface area contributed by atoms with Crippen molar-refractivity contribution in [2.75, 3.05) is 14.2 Å². The molecule has 2 aromatic carbocycles. The van der Waals surface area contributed by atoms with Crippen LogP contribution >= 0.6 is 11.8 Å². The monoisotopic (exact) mass is 382 g/mol. The molecule has 0 saturated heterocycles. The third kappa shape index (κ3) is 4.14. The van der Waals surface area contributed by atoms with Crippen LogP contribution in [0.25, 0.3) is 11.4 Å². The van der Waals surface area contributed by atoms with Gasteiger partial charge in [-0.15, -0.1) is 0 Å². The number of nitrogens with zero attached hydrogens (tertiary/aromatic N) is 2. The highest BCUT2D eigenvalue weighted by molar-refractivity contribution is 7.99. The van der Waals surface area contributed by atoms with Crippen molar-refractivity contribution in [3.63, 3.8) is 0 Å². The highest BCUT2D eigenvalue weighted by Gasteiger charge is 2.16. The Morgan fingerprint density at radius 2 is 1.67 bits per heavy atom. The van der Waals surface area contributed by atoms with Crippen LogP contribution in [0, 0.1) is 0 Å². The molecule has 0 aliphatic heterocycles. The summed E-state index contributed by atoms with van der Waals surface area (Å²) in [7, 11) is 5.35. The van der Waals surface area contributed by atoms with E-state index in [1.807, 2.05) is 31.4 Å². The predicted octanol–water partition coefficient (Wildman–Crippen LogP) is 5.55. The molecule has 4 nitrogen and oxygen atoms in total. The average Bonchev–Trinajstić information content (AvgIpc) is 3.01. The fourth-order valence-electron chi connectivity index (χ4n) is 2.87. The van der Waals surface area contributed by atoms with Crippen molar-refractivity contribution in [2.45, 2.75) is 36.1 Å². The molecule has 0 spiro atoms. The Balaban J connectivity index is 1.90. The molecule has 0 N–H and O–H groups in total. The highest BCUT2D eigenvalue weighted by atomic mass is 32.2. The van der Waals surface area contributed by atoms with E-state index < -0.39 is 0 Å². The summed E-state index contributed by atoms with van der Waals surface area (Å²) in [5.74, 6) is 2.40. The van der Waals surface area contributed by atoms with E-state index in [0.29, 0.717) is 0 Å². The molecule has 0 aliphatic carbocycles. The fourth-order valence-corrected chi connectivity index (χ4v) is 3.71. The fraction of sp³-hybridized carbons (Fsp3) is 0.318. The van der Waals surface area contributed by atoms with Crippen molar-refractivity contribution in [1.29, 1.82) is 0 Å². The molecule has 0 unspecified atom stereocenters. The molecule has 1 heterocycles. The summed E-state index contributed by atoms with van der Waals surface area (Å²) in [5.41, 5.74) is 2.40. The Morgan fingerprint density at radius 1 is 0.963 bits per heavy atom. The van der Waals surface area contributed by atoms with Gasteiger partial charge in [-0.3, -0.25) is 0 Å². The standard InChI is InChI=1S/C22H26N2O2S/c1-22(2,3)15-7-10-17(11-8-15)27-20-14-23-21(24(20)4)18-13-16(25-5)9-12-19(18)26-6/h7-14H,1-6H3. The molecular weight excluding hydrogens is 356 g/mol. The van der Waals surface area contributed by atoms with Crippen molar-refractivity contribution in [1.82, 2.24) is 9.55 Å². The Morgan fingerprint density at radius 3 is 2.26 bits per heavy atom. The third-order valence-corrected chi connectivity index (χ3v) is 5.63. The van der Waals surface area contributed by atoms with Gasteiger partial charge in [0.2, 0.25) is 0 Å². The molecule has 3 rings (SSSR count). The molecule has 142 valence electrons. The van der Waals surface area contributed by atoms with Crippen LogP contribution in [0.1, 0.15) is 26.3 Å². The highest BCUT2D eigenvalue weighted by Crippen LogP contribution is 2.36. The van der Waals surface area contributed by atoms with E-state index in [-0.39, 0.29) is 5.41 Å². The topological polar surface area (TPSA) is 36.3 Å². The maximum absolute atomic E-state index is 5.51. The first-order valence-corrected chi connectivity index (χ1v) is 9.67. The minimum Gasteiger partial charge on any atom is -0.497 e. The zero-order valence-corrected chi connectivity index (χ0v) is 17.6. The minimum absolute atomic E-state index is 0.159. The second-order valence-electron chi connectivity index (χ2n) is 7.42. The van der Waals surface area contributed by atoms with E-state index in [9.17, 15) is 0 Å². The smallest absolute Gasteiger partial charge is 0.144 e. The van der Waals surface area contributed by atoms with Crippen molar-refractivity contribution < 1.29 is 9.47 Å². The molecule has 0 radical (unpaired) electrons. The lowest BCUT2D eigenvalue weighted by atomic mass is 9.87. The summed E-state index contributed by atoms with van der Waals surface area (Å²) >= 11 is 1.70. The van der Waals surface area contributed by atoms with Crippen molar-refractivity contribution in [3.05, 3.63) is 54.2 Å². The first kappa shape index (κ1) is 19.4. The van der Waals surface area contributed by atoms with Gasteiger partial charge in [0.1, 0.15) is 17.3 Å². The molecule has 1 aromatic heterocycles. The quantitative estimate of drug-likeness (QED) is 0.579. The first-order chi connectivity index (χ1) is 12.8. The van der Waals surface area contributed by atoms with Crippen LogP contribution in [-0.2, 0) is 12.5 Å². The van der Waals surface area contributed by atoms with Crippen molar-refractivity contribution in [3.8, 4) is 22.9 Å². The number of benzene rings is 2. The van der Waals surface area contributed by atoms with Gasteiger partial charge in [0, 0.05) is 11.9 Å². The van der Waals surface area contributed by atoms with E-state index in [4.69, 9.17) is 9.47 Å². The van der Waals surface area contributed by atoms with Crippen LogP contribution in [0.2, 0.25) is 0 Å². The number of rotatable bonds is 5. The zero-order valence-electron chi connectivity index (χ0n) is 16.7. The Hall–Kier alpha value is -2.40. The lowest BCUT2D eigenvalue weighted by molar-refractivity contribution is 0.404. The van der Waals surface area contributed by atoms with Crippen molar-refractivity contribution >= 4 is 11.8 Å². The minimum atomic E-state index is 0.159. The maximum atomic E-state index is 5.51. The van der Waals surface area contributed by atoms with Gasteiger partial charge in [0.15, 0.2) is 0 Å². The first-order valence-electron chi connectivity index (χ1n) is 8.86. The molecule has 3 aromatic rings. The summed E-state index contributed by atoms with van der Waals surface area (Å²) in [6.07, 6.45) is 1.90. The second-order valence-corrected chi connectivity index (χ2v) is 8.52. The summed E-state index contributed by atoms with van der Waals surface area (Å²) < 4.78 is 13.0. The van der Waals surface area contributed by atoms with Gasteiger partial charge >= 0.3 is 0 Å². The number of hydrogen-bond donors (Lipinski definition) is 0. The van der Waals surface area contributed by atoms with Crippen LogP contribution in [0.15, 0.2) is 58.6 Å². The molecule has 0 bridgehead atoms. The van der Waals surface area contributed by atoms with Crippen LogP contribution in [0.4, 0.5) is 0 Å². The van der Waals surface area contributed by atoms with Crippen molar-refractivity contribution in [2.24, 2.45) is 7.05 Å². The van der Waals surface area contributed by atoms with E-state index in [1.165, 1.54) is 10.5 Å². The summed E-state index contributed by atoms with van der Waals surface area (Å²) in [6, 6.07) is 14.5. The largest absolute Gasteiger partial charge is 0.497 e. The summed E-state index contributed by atoms with van der Waals surface area (Å²) in [5, 5.41) is 1.07. The molecule has 0 aliphatic rings. The van der Waals surface area contributed by atoms with E-state index in [2.05, 4.69) is 54.6 Å². The van der Waals surface area contributed by atoms with Crippen LogP contribution < -0.4 is 9.47 Å². The Labute approximate surface area is 165 Å². The van der Waals surface area contributed by atoms with Crippen LogP contribution in [0.3, 0.4) is 0 Å². The van der Waals surface area contributed by atoms with Gasteiger partial charge < -0.3 is 14.0 Å². The molecule has 27 heavy (non-hydrogen) atoms. The summed E-state index contributed by atoms with van der Waals surface area (Å²) in [4.78, 5) is 5.82. The zero-order chi connectivity index (χ0) is 19.6. The van der Waals surface area contributed by atoms with E-state index >= 15 is 0 Å². The van der Waals surface area contributed by atoms with Gasteiger partial charge in [0.25, 0.3) is 0 Å². The molecule has 0 saturated carbocycles. The van der Waals surface area contributed by atoms with Crippen LogP contribution in [0.5, 0.6) is 11.5 Å². The average molecular weight is 383 g/mol. The van der Waals surface area contributed by atoms with Gasteiger partial charge in [-0.1, -0.05) is 44.7 Å². The number of aromatic nitrogens is 2. The third-order valence-electron chi connectivity index (χ3n) is 4.54. The Kier molecular flexibility index (Phi) is 5.51. The molecule has 0 atom stereocenters. The number of imidazole rings is 1. The number of ether oxygens (including phenoxy) is 2. The van der Waals surface area contributed by atoms with Crippen LogP contribution in [-0.4, -0.2) is 23.8 Å². The van der Waals surface area contributed by atoms with Gasteiger partial charge in [0.05, 0.1) is 31.0 Å². The predicted molar refractivity (Wildman–Crippen MR) is 111 cm³/mol. The number of hydrogen-bond acceptors (Lipinski definition) is 4. The van der Waals surface area contributed by atoms with E-state index in [0.717, 1.165) is 27.9 Å². The molecular formula is C22H26N2O2S. The normalized spacial score (nSPS) is 11.5. The lowest BCUT2D eigenvalue weighted by Gasteiger charge is -2.19. The second kappa shape index (κ2) is 7.69. The van der Waals surface area contributed by atoms with Gasteiger partial charge in [-0.05, 0) is 41.3 Å². The maximum Gasteiger partial charge on any atom is 0.144 e. The molecule has 0 fully saturated rings. The van der Waals surface area contributed by atoms with Gasteiger partial charge in [-0.2, -0.15) is 0 Å². The lowest BCUT2D eigenvalue weighted by Crippen LogP contribution is -2.10. The molecule has 5 heteroatoms. The van der Waals surface area contributed by atoms with Gasteiger partial charge in [-0.25, -0.2) is 4.98 Å². The number of methoxy groups -OCH3 is 2. The SMILES string of the molecule is COc1ccc(OC)c(-c2ncc(Sc3ccc(C(C)(C)C)cc3)n2C)c1.